The van der Waals surface area contributed by atoms with E-state index in [4.69, 9.17) is 0 Å². The van der Waals surface area contributed by atoms with Crippen molar-refractivity contribution in [3.05, 3.63) is 72.5 Å². The number of aromatic nitrogens is 1. The minimum Gasteiger partial charge on any atom is -0.256 e. The molecular weight excluding hydrogens is 206 g/mol. The van der Waals surface area contributed by atoms with Crippen molar-refractivity contribution in [2.75, 3.05) is 0 Å². The van der Waals surface area contributed by atoms with Crippen LogP contribution in [0.25, 0.3) is 17.3 Å². The van der Waals surface area contributed by atoms with Gasteiger partial charge in [0.2, 0.25) is 0 Å². The van der Waals surface area contributed by atoms with E-state index < -0.39 is 0 Å². The fourth-order valence-electron chi connectivity index (χ4n) is 1.79. The Hall–Kier alpha value is -2.15. The Morgan fingerprint density at radius 1 is 1.12 bits per heavy atom. The summed E-state index contributed by atoms with van der Waals surface area (Å²) in [7, 11) is 0. The van der Waals surface area contributed by atoms with Gasteiger partial charge in [0.1, 0.15) is 0 Å². The second-order valence-electron chi connectivity index (χ2n) is 3.83. The number of nitrogens with zero attached hydrogens (tertiary/aromatic N) is 1. The van der Waals surface area contributed by atoms with E-state index in [1.807, 2.05) is 36.5 Å². The average molecular weight is 221 g/mol. The maximum absolute atomic E-state index is 4.46. The number of hydrogen-bond acceptors (Lipinski definition) is 1. The molecule has 0 fully saturated rings. The summed E-state index contributed by atoms with van der Waals surface area (Å²) in [5.74, 6) is 0. The van der Waals surface area contributed by atoms with Crippen molar-refractivity contribution in [3.8, 4) is 11.3 Å². The third-order valence-corrected chi connectivity index (χ3v) is 2.71. The lowest BCUT2D eigenvalue weighted by molar-refractivity contribution is 1.26. The van der Waals surface area contributed by atoms with Gasteiger partial charge in [0.25, 0.3) is 0 Å². The molecule has 0 bridgehead atoms. The van der Waals surface area contributed by atoms with E-state index in [1.54, 1.807) is 6.08 Å². The number of hydrogen-bond donors (Lipinski definition) is 0. The van der Waals surface area contributed by atoms with Crippen molar-refractivity contribution in [1.29, 1.82) is 0 Å². The summed E-state index contributed by atoms with van der Waals surface area (Å²) in [5, 5.41) is 0. The zero-order valence-electron chi connectivity index (χ0n) is 9.93. The van der Waals surface area contributed by atoms with Crippen LogP contribution in [0, 0.1) is 6.92 Å². The fraction of sp³-hybridized carbons (Fsp3) is 0.0625. The van der Waals surface area contributed by atoms with Crippen LogP contribution in [-0.4, -0.2) is 4.98 Å². The Labute approximate surface area is 102 Å². The summed E-state index contributed by atoms with van der Waals surface area (Å²) in [6.07, 6.45) is 7.62. The number of allylic oxidation sites excluding steroid dienone is 2. The predicted molar refractivity (Wildman–Crippen MR) is 73.6 cm³/mol. The Balaban J connectivity index is 2.50. The van der Waals surface area contributed by atoms with Crippen LogP contribution in [0.3, 0.4) is 0 Å². The van der Waals surface area contributed by atoms with Crippen molar-refractivity contribution < 1.29 is 0 Å². The smallest absolute Gasteiger partial charge is 0.0737 e. The molecule has 84 valence electrons. The molecule has 0 spiro atoms. The topological polar surface area (TPSA) is 12.9 Å². The molecule has 1 nitrogen and oxygen atoms in total. The maximum atomic E-state index is 4.46. The highest BCUT2D eigenvalue weighted by Gasteiger charge is 2.04. The van der Waals surface area contributed by atoms with Crippen molar-refractivity contribution in [2.24, 2.45) is 0 Å². The maximum Gasteiger partial charge on any atom is 0.0737 e. The third-order valence-electron chi connectivity index (χ3n) is 2.71. The lowest BCUT2D eigenvalue weighted by Gasteiger charge is -2.07. The Bertz CT molecular complexity index is 539. The molecule has 1 heterocycles. The van der Waals surface area contributed by atoms with E-state index in [1.165, 1.54) is 11.1 Å². The van der Waals surface area contributed by atoms with Crippen LogP contribution in [-0.2, 0) is 0 Å². The van der Waals surface area contributed by atoms with Gasteiger partial charge in [0.05, 0.1) is 5.69 Å². The number of pyridine rings is 1. The van der Waals surface area contributed by atoms with Crippen molar-refractivity contribution >= 4 is 6.08 Å². The Morgan fingerprint density at radius 3 is 2.59 bits per heavy atom. The second kappa shape index (κ2) is 5.26. The van der Waals surface area contributed by atoms with Gasteiger partial charge in [-0.15, -0.1) is 0 Å². The molecule has 1 aromatic carbocycles. The zero-order chi connectivity index (χ0) is 12.1. The van der Waals surface area contributed by atoms with Crippen LogP contribution in [0.15, 0.2) is 61.3 Å². The van der Waals surface area contributed by atoms with Gasteiger partial charge >= 0.3 is 0 Å². The standard InChI is InChI=1S/C16H15N/c1-3-4-8-14-11-12-17-16(13(14)2)15-9-6-5-7-10-15/h3-12H,1H2,2H3/b8-4-. The molecule has 0 unspecified atom stereocenters. The SMILES string of the molecule is C=C/C=C\c1ccnc(-c2ccccc2)c1C. The van der Waals surface area contributed by atoms with Gasteiger partial charge < -0.3 is 0 Å². The first-order valence-electron chi connectivity index (χ1n) is 5.63. The van der Waals surface area contributed by atoms with Gasteiger partial charge in [-0.05, 0) is 24.1 Å². The molecular formula is C16H15N. The lowest BCUT2D eigenvalue weighted by Crippen LogP contribution is -1.90. The number of benzene rings is 1. The molecule has 0 radical (unpaired) electrons. The molecule has 17 heavy (non-hydrogen) atoms. The predicted octanol–water partition coefficient (Wildman–Crippen LogP) is 4.26. The highest BCUT2D eigenvalue weighted by molar-refractivity contribution is 5.68. The summed E-state index contributed by atoms with van der Waals surface area (Å²) in [5.41, 5.74) is 4.56. The summed E-state index contributed by atoms with van der Waals surface area (Å²) in [6, 6.07) is 12.3. The summed E-state index contributed by atoms with van der Waals surface area (Å²) in [6.45, 7) is 5.78. The molecule has 0 saturated carbocycles. The van der Waals surface area contributed by atoms with Crippen molar-refractivity contribution in [1.82, 2.24) is 4.98 Å². The number of rotatable bonds is 3. The molecule has 0 aliphatic carbocycles. The molecule has 0 N–H and O–H groups in total. The largest absolute Gasteiger partial charge is 0.256 e. The Morgan fingerprint density at radius 2 is 1.88 bits per heavy atom. The van der Waals surface area contributed by atoms with Crippen LogP contribution >= 0.6 is 0 Å². The average Bonchev–Trinajstić information content (AvgIpc) is 2.39. The molecule has 0 aliphatic rings. The summed E-state index contributed by atoms with van der Waals surface area (Å²) < 4.78 is 0. The summed E-state index contributed by atoms with van der Waals surface area (Å²) in [4.78, 5) is 4.46. The first kappa shape index (κ1) is 11.3. The van der Waals surface area contributed by atoms with Gasteiger partial charge in [-0.1, -0.05) is 55.1 Å². The van der Waals surface area contributed by atoms with Gasteiger partial charge in [-0.3, -0.25) is 4.98 Å². The lowest BCUT2D eigenvalue weighted by atomic mass is 10.0. The normalized spacial score (nSPS) is 10.6. The molecule has 2 aromatic rings. The first-order valence-corrected chi connectivity index (χ1v) is 5.63. The fourth-order valence-corrected chi connectivity index (χ4v) is 1.79. The van der Waals surface area contributed by atoms with Gasteiger partial charge in [-0.25, -0.2) is 0 Å². The molecule has 1 heteroatoms. The minimum absolute atomic E-state index is 1.04. The molecule has 1 aromatic heterocycles. The van der Waals surface area contributed by atoms with Crippen LogP contribution < -0.4 is 0 Å². The van der Waals surface area contributed by atoms with E-state index in [-0.39, 0.29) is 0 Å². The van der Waals surface area contributed by atoms with Gasteiger partial charge in [0, 0.05) is 11.8 Å². The monoisotopic (exact) mass is 221 g/mol. The van der Waals surface area contributed by atoms with Gasteiger partial charge in [-0.2, -0.15) is 0 Å². The zero-order valence-corrected chi connectivity index (χ0v) is 9.93. The van der Waals surface area contributed by atoms with Crippen molar-refractivity contribution in [2.45, 2.75) is 6.92 Å². The molecule has 0 saturated heterocycles. The van der Waals surface area contributed by atoms with E-state index in [2.05, 4.69) is 36.7 Å². The highest BCUT2D eigenvalue weighted by Crippen LogP contribution is 2.23. The van der Waals surface area contributed by atoms with Crippen LogP contribution in [0.1, 0.15) is 11.1 Å². The minimum atomic E-state index is 1.04. The van der Waals surface area contributed by atoms with E-state index in [9.17, 15) is 0 Å². The van der Waals surface area contributed by atoms with Crippen molar-refractivity contribution in [3.63, 3.8) is 0 Å². The molecule has 2 rings (SSSR count). The van der Waals surface area contributed by atoms with Gasteiger partial charge in [0.15, 0.2) is 0 Å². The van der Waals surface area contributed by atoms with E-state index >= 15 is 0 Å². The highest BCUT2D eigenvalue weighted by atomic mass is 14.7. The van der Waals surface area contributed by atoms with E-state index in [0.717, 1.165) is 11.3 Å². The third kappa shape index (κ3) is 2.51. The quantitative estimate of drug-likeness (QED) is 0.706. The van der Waals surface area contributed by atoms with Crippen LogP contribution in [0.2, 0.25) is 0 Å². The summed E-state index contributed by atoms with van der Waals surface area (Å²) >= 11 is 0. The molecule has 0 amide bonds. The molecule has 0 aliphatic heterocycles. The van der Waals surface area contributed by atoms with Crippen LogP contribution in [0.5, 0.6) is 0 Å². The molecule has 0 atom stereocenters. The Kier molecular flexibility index (Phi) is 3.51. The van der Waals surface area contributed by atoms with E-state index in [0.29, 0.717) is 0 Å². The second-order valence-corrected chi connectivity index (χ2v) is 3.83. The first-order chi connectivity index (χ1) is 8.33. The van der Waals surface area contributed by atoms with Crippen LogP contribution in [0.4, 0.5) is 0 Å².